The molecule has 0 aromatic rings. The van der Waals surface area contributed by atoms with Crippen molar-refractivity contribution >= 4 is 0 Å². The molecule has 0 amide bonds. The summed E-state index contributed by atoms with van der Waals surface area (Å²) in [6.07, 6.45) is 6.75. The Labute approximate surface area is 107 Å². The molecule has 0 bridgehead atoms. The summed E-state index contributed by atoms with van der Waals surface area (Å²) in [6, 6.07) is 1.58. The molecular weight excluding hydrogens is 210 g/mol. The van der Waals surface area contributed by atoms with Crippen molar-refractivity contribution in [1.82, 2.24) is 15.1 Å². The molecule has 2 aliphatic rings. The molecule has 1 N–H and O–H groups in total. The van der Waals surface area contributed by atoms with Crippen LogP contribution in [0.5, 0.6) is 0 Å². The van der Waals surface area contributed by atoms with Gasteiger partial charge in [0.2, 0.25) is 0 Å². The molecule has 2 fully saturated rings. The second kappa shape index (κ2) is 6.72. The molecule has 2 heterocycles. The summed E-state index contributed by atoms with van der Waals surface area (Å²) in [7, 11) is 2.27. The van der Waals surface area contributed by atoms with Gasteiger partial charge < -0.3 is 10.2 Å². The average molecular weight is 239 g/mol. The Bertz CT molecular complexity index is 214. The number of rotatable bonds is 4. The zero-order valence-corrected chi connectivity index (χ0v) is 11.6. The van der Waals surface area contributed by atoms with E-state index in [4.69, 9.17) is 0 Å². The summed E-state index contributed by atoms with van der Waals surface area (Å²) in [6.45, 7) is 8.71. The van der Waals surface area contributed by atoms with Crippen LogP contribution in [0.25, 0.3) is 0 Å². The lowest BCUT2D eigenvalue weighted by molar-refractivity contribution is 0.176. The van der Waals surface area contributed by atoms with Gasteiger partial charge in [-0.2, -0.15) is 0 Å². The first-order valence-corrected chi connectivity index (χ1v) is 7.45. The summed E-state index contributed by atoms with van der Waals surface area (Å²) in [5.74, 6) is 0. The van der Waals surface area contributed by atoms with E-state index in [0.29, 0.717) is 0 Å². The summed E-state index contributed by atoms with van der Waals surface area (Å²) in [4.78, 5) is 5.24. The maximum atomic E-state index is 3.62. The maximum Gasteiger partial charge on any atom is 0.0220 e. The summed E-state index contributed by atoms with van der Waals surface area (Å²) in [5, 5.41) is 3.62. The van der Waals surface area contributed by atoms with Gasteiger partial charge in [0.1, 0.15) is 0 Å². The standard InChI is InChI=1S/C14H29N3/c1-3-14-12-16(2)9-5-10-17(14)11-7-13-6-4-8-15-13/h13-15H,3-12H2,1-2H3. The zero-order valence-electron chi connectivity index (χ0n) is 11.6. The van der Waals surface area contributed by atoms with Gasteiger partial charge in [0.15, 0.2) is 0 Å². The van der Waals surface area contributed by atoms with Crippen molar-refractivity contribution in [3.05, 3.63) is 0 Å². The summed E-state index contributed by atoms with van der Waals surface area (Å²) < 4.78 is 0. The molecule has 0 radical (unpaired) electrons. The highest BCUT2D eigenvalue weighted by Crippen LogP contribution is 2.15. The van der Waals surface area contributed by atoms with E-state index >= 15 is 0 Å². The van der Waals surface area contributed by atoms with Gasteiger partial charge in [-0.3, -0.25) is 4.90 Å². The van der Waals surface area contributed by atoms with E-state index in [2.05, 4.69) is 29.1 Å². The van der Waals surface area contributed by atoms with E-state index < -0.39 is 0 Å². The van der Waals surface area contributed by atoms with E-state index in [1.165, 1.54) is 64.8 Å². The van der Waals surface area contributed by atoms with E-state index in [9.17, 15) is 0 Å². The Morgan fingerprint density at radius 2 is 2.12 bits per heavy atom. The summed E-state index contributed by atoms with van der Waals surface area (Å²) >= 11 is 0. The minimum Gasteiger partial charge on any atom is -0.314 e. The van der Waals surface area contributed by atoms with Crippen LogP contribution in [-0.2, 0) is 0 Å². The maximum absolute atomic E-state index is 3.62. The normalized spacial score (nSPS) is 32.8. The van der Waals surface area contributed by atoms with Crippen LogP contribution in [0.3, 0.4) is 0 Å². The Morgan fingerprint density at radius 3 is 2.82 bits per heavy atom. The van der Waals surface area contributed by atoms with E-state index in [-0.39, 0.29) is 0 Å². The molecule has 0 aromatic carbocycles. The lowest BCUT2D eigenvalue weighted by atomic mass is 10.1. The van der Waals surface area contributed by atoms with E-state index in [1.807, 2.05) is 0 Å². The third kappa shape index (κ3) is 3.94. The lowest BCUT2D eigenvalue weighted by Crippen LogP contribution is -2.41. The Hall–Kier alpha value is -0.120. The minimum absolute atomic E-state index is 0.781. The molecule has 0 aromatic heterocycles. The molecule has 3 nitrogen and oxygen atoms in total. The molecule has 2 unspecified atom stereocenters. The number of hydrogen-bond acceptors (Lipinski definition) is 3. The molecule has 2 saturated heterocycles. The first kappa shape index (κ1) is 13.3. The third-order valence-electron chi connectivity index (χ3n) is 4.42. The second-order valence-corrected chi connectivity index (χ2v) is 5.80. The van der Waals surface area contributed by atoms with Crippen LogP contribution in [0.4, 0.5) is 0 Å². The number of nitrogens with zero attached hydrogens (tertiary/aromatic N) is 2. The quantitative estimate of drug-likeness (QED) is 0.803. The fourth-order valence-electron chi connectivity index (χ4n) is 3.30. The minimum atomic E-state index is 0.781. The fraction of sp³-hybridized carbons (Fsp3) is 1.00. The van der Waals surface area contributed by atoms with Crippen molar-refractivity contribution in [3.63, 3.8) is 0 Å². The first-order chi connectivity index (χ1) is 8.29. The van der Waals surface area contributed by atoms with Crippen molar-refractivity contribution in [1.29, 1.82) is 0 Å². The molecular formula is C14H29N3. The van der Waals surface area contributed by atoms with Gasteiger partial charge in [-0.15, -0.1) is 0 Å². The first-order valence-electron chi connectivity index (χ1n) is 7.45. The van der Waals surface area contributed by atoms with Crippen LogP contribution in [0.15, 0.2) is 0 Å². The van der Waals surface area contributed by atoms with Crippen LogP contribution in [0.2, 0.25) is 0 Å². The Balaban J connectivity index is 1.79. The second-order valence-electron chi connectivity index (χ2n) is 5.80. The molecule has 2 rings (SSSR count). The van der Waals surface area contributed by atoms with Gasteiger partial charge >= 0.3 is 0 Å². The molecule has 0 saturated carbocycles. The Kier molecular flexibility index (Phi) is 5.26. The van der Waals surface area contributed by atoms with Gasteiger partial charge in [-0.25, -0.2) is 0 Å². The highest BCUT2D eigenvalue weighted by molar-refractivity contribution is 4.81. The van der Waals surface area contributed by atoms with Gasteiger partial charge in [0.25, 0.3) is 0 Å². The van der Waals surface area contributed by atoms with Crippen LogP contribution in [0.1, 0.15) is 39.0 Å². The van der Waals surface area contributed by atoms with Gasteiger partial charge in [0, 0.05) is 18.6 Å². The van der Waals surface area contributed by atoms with Gasteiger partial charge in [0.05, 0.1) is 0 Å². The van der Waals surface area contributed by atoms with Crippen LogP contribution < -0.4 is 5.32 Å². The topological polar surface area (TPSA) is 18.5 Å². The SMILES string of the molecule is CCC1CN(C)CCCN1CCC1CCCN1. The van der Waals surface area contributed by atoms with Crippen molar-refractivity contribution in [3.8, 4) is 0 Å². The van der Waals surface area contributed by atoms with Crippen molar-refractivity contribution in [2.75, 3.05) is 39.8 Å². The predicted octanol–water partition coefficient (Wildman–Crippen LogP) is 1.54. The fourth-order valence-corrected chi connectivity index (χ4v) is 3.30. The van der Waals surface area contributed by atoms with E-state index in [1.54, 1.807) is 0 Å². The number of hydrogen-bond donors (Lipinski definition) is 1. The molecule has 2 atom stereocenters. The van der Waals surface area contributed by atoms with Gasteiger partial charge in [-0.05, 0) is 65.3 Å². The average Bonchev–Trinajstić information content (AvgIpc) is 2.77. The Morgan fingerprint density at radius 1 is 1.24 bits per heavy atom. The molecule has 17 heavy (non-hydrogen) atoms. The smallest absolute Gasteiger partial charge is 0.0220 e. The highest BCUT2D eigenvalue weighted by Gasteiger charge is 2.23. The highest BCUT2D eigenvalue weighted by atomic mass is 15.2. The number of likely N-dealkylation sites (N-methyl/N-ethyl adjacent to an activating group) is 1. The molecule has 2 aliphatic heterocycles. The molecule has 3 heteroatoms. The van der Waals surface area contributed by atoms with Crippen molar-refractivity contribution in [2.24, 2.45) is 0 Å². The largest absolute Gasteiger partial charge is 0.314 e. The van der Waals surface area contributed by atoms with Crippen LogP contribution >= 0.6 is 0 Å². The molecule has 100 valence electrons. The monoisotopic (exact) mass is 239 g/mol. The summed E-state index contributed by atoms with van der Waals surface area (Å²) in [5.41, 5.74) is 0. The molecule has 0 aliphatic carbocycles. The van der Waals surface area contributed by atoms with Crippen LogP contribution in [-0.4, -0.2) is 61.7 Å². The zero-order chi connectivity index (χ0) is 12.1. The van der Waals surface area contributed by atoms with Crippen molar-refractivity contribution in [2.45, 2.75) is 51.1 Å². The lowest BCUT2D eigenvalue weighted by Gasteiger charge is -2.31. The predicted molar refractivity (Wildman–Crippen MR) is 73.4 cm³/mol. The molecule has 0 spiro atoms. The van der Waals surface area contributed by atoms with Crippen LogP contribution in [0, 0.1) is 0 Å². The van der Waals surface area contributed by atoms with Crippen molar-refractivity contribution < 1.29 is 0 Å². The van der Waals surface area contributed by atoms with Gasteiger partial charge in [-0.1, -0.05) is 6.92 Å². The third-order valence-corrected chi connectivity index (χ3v) is 4.42. The number of nitrogens with one attached hydrogen (secondary N) is 1. The van der Waals surface area contributed by atoms with E-state index in [0.717, 1.165) is 12.1 Å².